The number of hydrogen-bond acceptors (Lipinski definition) is 3. The summed E-state index contributed by atoms with van der Waals surface area (Å²) in [6.45, 7) is 1.36. The van der Waals surface area contributed by atoms with Crippen molar-refractivity contribution in [3.8, 4) is 5.75 Å². The highest BCUT2D eigenvalue weighted by atomic mass is 35.5. The summed E-state index contributed by atoms with van der Waals surface area (Å²) in [4.78, 5) is 24.3. The van der Waals surface area contributed by atoms with Gasteiger partial charge in [-0.15, -0.1) is 11.6 Å². The van der Waals surface area contributed by atoms with Crippen molar-refractivity contribution in [1.29, 1.82) is 0 Å². The molecule has 0 aliphatic carbocycles. The number of carbonyl (C=O) groups excluding carboxylic acids is 2. The van der Waals surface area contributed by atoms with Gasteiger partial charge in [0.05, 0.1) is 11.7 Å². The zero-order valence-corrected chi connectivity index (χ0v) is 12.9. The summed E-state index contributed by atoms with van der Waals surface area (Å²) in [6.07, 6.45) is -4.98. The van der Waals surface area contributed by atoms with Gasteiger partial charge in [-0.1, -0.05) is 6.07 Å². The summed E-state index contributed by atoms with van der Waals surface area (Å²) in [6, 6.07) is 4.36. The van der Waals surface area contributed by atoms with E-state index in [2.05, 4.69) is 0 Å². The van der Waals surface area contributed by atoms with Gasteiger partial charge >= 0.3 is 12.1 Å². The summed E-state index contributed by atoms with van der Waals surface area (Å²) >= 11 is 5.59. The predicted octanol–water partition coefficient (Wildman–Crippen LogP) is 2.01. The van der Waals surface area contributed by atoms with E-state index in [4.69, 9.17) is 16.3 Å². The standard InChI is InChI=1S/C14H14ClF3N2O3/c1-8-2-3-11-10(4-8)20(12(21)5-15)9(7-23-11)6-19-13(22)14(16,17)18/h2-4,9H,5-7H2,1H3,(H,19,22). The Morgan fingerprint density at radius 3 is 2.74 bits per heavy atom. The Hall–Kier alpha value is -1.96. The average molecular weight is 351 g/mol. The van der Waals surface area contributed by atoms with Gasteiger partial charge in [-0.3, -0.25) is 14.5 Å². The van der Waals surface area contributed by atoms with Crippen LogP contribution >= 0.6 is 11.6 Å². The van der Waals surface area contributed by atoms with Gasteiger partial charge in [0.15, 0.2) is 0 Å². The van der Waals surface area contributed by atoms with Crippen LogP contribution in [-0.2, 0) is 9.59 Å². The number of rotatable bonds is 3. The molecular weight excluding hydrogens is 337 g/mol. The molecule has 0 bridgehead atoms. The fraction of sp³-hybridized carbons (Fsp3) is 0.429. The third kappa shape index (κ3) is 3.87. The number of alkyl halides is 4. The lowest BCUT2D eigenvalue weighted by Gasteiger charge is -2.37. The van der Waals surface area contributed by atoms with Crippen LogP contribution in [0, 0.1) is 6.92 Å². The molecule has 5 nitrogen and oxygen atoms in total. The van der Waals surface area contributed by atoms with Crippen molar-refractivity contribution in [2.24, 2.45) is 0 Å². The third-order valence-electron chi connectivity index (χ3n) is 3.31. The highest BCUT2D eigenvalue weighted by Gasteiger charge is 2.40. The van der Waals surface area contributed by atoms with Crippen LogP contribution in [0.1, 0.15) is 5.56 Å². The lowest BCUT2D eigenvalue weighted by Crippen LogP contribution is -2.54. The zero-order chi connectivity index (χ0) is 17.2. The summed E-state index contributed by atoms with van der Waals surface area (Å²) in [5.74, 6) is -2.44. The largest absolute Gasteiger partial charge is 0.489 e. The van der Waals surface area contributed by atoms with E-state index >= 15 is 0 Å². The number of aryl methyl sites for hydroxylation is 1. The van der Waals surface area contributed by atoms with Gasteiger partial charge in [0.25, 0.3) is 0 Å². The number of fused-ring (bicyclic) bond motifs is 1. The Labute approximate surface area is 135 Å². The number of carbonyl (C=O) groups is 2. The van der Waals surface area contributed by atoms with Gasteiger partial charge in [-0.05, 0) is 24.6 Å². The van der Waals surface area contributed by atoms with Gasteiger partial charge in [-0.2, -0.15) is 13.2 Å². The Kier molecular flexibility index (Phi) is 5.03. The van der Waals surface area contributed by atoms with Gasteiger partial charge < -0.3 is 10.1 Å². The smallest absolute Gasteiger partial charge is 0.471 e. The normalized spacial score (nSPS) is 17.3. The fourth-order valence-electron chi connectivity index (χ4n) is 2.26. The van der Waals surface area contributed by atoms with Gasteiger partial charge in [0, 0.05) is 6.54 Å². The minimum atomic E-state index is -4.98. The van der Waals surface area contributed by atoms with Crippen LogP contribution in [0.4, 0.5) is 18.9 Å². The maximum absolute atomic E-state index is 12.3. The number of benzene rings is 1. The van der Waals surface area contributed by atoms with Crippen LogP contribution in [0.3, 0.4) is 0 Å². The van der Waals surface area contributed by atoms with E-state index in [0.29, 0.717) is 11.4 Å². The summed E-state index contributed by atoms with van der Waals surface area (Å²) in [5, 5.41) is 1.77. The van der Waals surface area contributed by atoms with E-state index < -0.39 is 30.6 Å². The number of ether oxygens (including phenoxy) is 1. The average Bonchev–Trinajstić information content (AvgIpc) is 2.50. The van der Waals surface area contributed by atoms with Crippen molar-refractivity contribution in [3.63, 3.8) is 0 Å². The number of nitrogens with zero attached hydrogens (tertiary/aromatic N) is 1. The van der Waals surface area contributed by atoms with Crippen LogP contribution in [0.15, 0.2) is 18.2 Å². The molecule has 1 atom stereocenters. The van der Waals surface area contributed by atoms with Crippen molar-refractivity contribution in [2.45, 2.75) is 19.1 Å². The Bertz CT molecular complexity index is 622. The number of amides is 2. The maximum Gasteiger partial charge on any atom is 0.471 e. The van der Waals surface area contributed by atoms with E-state index in [9.17, 15) is 22.8 Å². The second kappa shape index (κ2) is 6.66. The molecule has 1 aromatic rings. The van der Waals surface area contributed by atoms with E-state index in [1.165, 1.54) is 4.90 Å². The minimum absolute atomic E-state index is 0.0448. The third-order valence-corrected chi connectivity index (χ3v) is 3.54. The SMILES string of the molecule is Cc1ccc2c(c1)N(C(=O)CCl)C(CNC(=O)C(F)(F)F)CO2. The first-order valence-corrected chi connectivity index (χ1v) is 7.24. The van der Waals surface area contributed by atoms with Crippen LogP contribution in [0.2, 0.25) is 0 Å². The molecule has 9 heteroatoms. The van der Waals surface area contributed by atoms with Crippen molar-refractivity contribution < 1.29 is 27.5 Å². The molecule has 1 heterocycles. The first-order chi connectivity index (χ1) is 10.7. The number of anilines is 1. The number of nitrogens with one attached hydrogen (secondary N) is 1. The molecule has 0 saturated carbocycles. The molecule has 0 radical (unpaired) electrons. The monoisotopic (exact) mass is 350 g/mol. The molecule has 0 spiro atoms. The van der Waals surface area contributed by atoms with Crippen molar-refractivity contribution in [2.75, 3.05) is 23.9 Å². The molecular formula is C14H14ClF3N2O3. The fourth-order valence-corrected chi connectivity index (χ4v) is 2.39. The Balaban J connectivity index is 2.23. The van der Waals surface area contributed by atoms with Crippen LogP contribution < -0.4 is 15.0 Å². The highest BCUT2D eigenvalue weighted by Crippen LogP contribution is 2.35. The van der Waals surface area contributed by atoms with Crippen molar-refractivity contribution in [3.05, 3.63) is 23.8 Å². The first kappa shape index (κ1) is 17.4. The molecule has 23 heavy (non-hydrogen) atoms. The quantitative estimate of drug-likeness (QED) is 0.848. The lowest BCUT2D eigenvalue weighted by molar-refractivity contribution is -0.173. The minimum Gasteiger partial charge on any atom is -0.489 e. The van der Waals surface area contributed by atoms with Crippen LogP contribution in [-0.4, -0.2) is 43.1 Å². The lowest BCUT2D eigenvalue weighted by atomic mass is 10.1. The molecule has 0 saturated heterocycles. The van der Waals surface area contributed by atoms with Gasteiger partial charge in [0.1, 0.15) is 18.2 Å². The molecule has 0 aromatic heterocycles. The Morgan fingerprint density at radius 2 is 2.13 bits per heavy atom. The van der Waals surface area contributed by atoms with Gasteiger partial charge in [0.2, 0.25) is 5.91 Å². The first-order valence-electron chi connectivity index (χ1n) is 6.70. The van der Waals surface area contributed by atoms with Gasteiger partial charge in [-0.25, -0.2) is 0 Å². The van der Waals surface area contributed by atoms with Crippen LogP contribution in [0.5, 0.6) is 5.75 Å². The molecule has 1 aliphatic heterocycles. The maximum atomic E-state index is 12.3. The van der Waals surface area contributed by atoms with E-state index in [-0.39, 0.29) is 12.5 Å². The van der Waals surface area contributed by atoms with E-state index in [0.717, 1.165) is 5.56 Å². The summed E-state index contributed by atoms with van der Waals surface area (Å²) in [5.41, 5.74) is 1.27. The molecule has 126 valence electrons. The molecule has 0 fully saturated rings. The summed E-state index contributed by atoms with van der Waals surface area (Å²) < 4.78 is 42.3. The molecule has 1 aliphatic rings. The summed E-state index contributed by atoms with van der Waals surface area (Å²) in [7, 11) is 0. The predicted molar refractivity (Wildman–Crippen MR) is 77.7 cm³/mol. The topological polar surface area (TPSA) is 58.6 Å². The zero-order valence-electron chi connectivity index (χ0n) is 12.1. The van der Waals surface area contributed by atoms with Crippen LogP contribution in [0.25, 0.3) is 0 Å². The highest BCUT2D eigenvalue weighted by molar-refractivity contribution is 6.29. The second-order valence-corrected chi connectivity index (χ2v) is 5.31. The van der Waals surface area contributed by atoms with Crippen molar-refractivity contribution in [1.82, 2.24) is 5.32 Å². The Morgan fingerprint density at radius 1 is 1.43 bits per heavy atom. The van der Waals surface area contributed by atoms with Crippen molar-refractivity contribution >= 4 is 29.1 Å². The second-order valence-electron chi connectivity index (χ2n) is 5.04. The molecule has 2 rings (SSSR count). The molecule has 1 aromatic carbocycles. The molecule has 2 amide bonds. The number of hydrogen-bond donors (Lipinski definition) is 1. The molecule has 1 N–H and O–H groups in total. The number of halogens is 4. The molecule has 1 unspecified atom stereocenters. The van der Waals surface area contributed by atoms with E-state index in [1.807, 2.05) is 0 Å². The van der Waals surface area contributed by atoms with E-state index in [1.54, 1.807) is 30.4 Å².